The number of carbonyl (C=O) groups excluding carboxylic acids is 1. The van der Waals surface area contributed by atoms with Gasteiger partial charge in [0.2, 0.25) is 0 Å². The molecule has 0 spiro atoms. The molecule has 1 aromatic heterocycles. The van der Waals surface area contributed by atoms with Gasteiger partial charge in [-0.25, -0.2) is 9.78 Å². The molecule has 6 heteroatoms. The molecule has 1 atom stereocenters. The van der Waals surface area contributed by atoms with E-state index in [1.54, 1.807) is 11.3 Å². The lowest BCUT2D eigenvalue weighted by atomic mass is 9.97. The molecule has 0 bridgehead atoms. The SMILES string of the molecule is CCc1nc(CCNC(=O)NC(C)(CO)C2CC2)sc1C. The minimum absolute atomic E-state index is 0.0172. The fraction of sp³-hybridized carbons (Fsp3) is 0.733. The molecule has 1 aliphatic carbocycles. The number of aryl methyl sites for hydroxylation is 2. The Kier molecular flexibility index (Phi) is 5.22. The molecule has 0 aromatic carbocycles. The summed E-state index contributed by atoms with van der Waals surface area (Å²) in [6.07, 6.45) is 3.86. The van der Waals surface area contributed by atoms with E-state index < -0.39 is 5.54 Å². The van der Waals surface area contributed by atoms with Crippen molar-refractivity contribution in [3.8, 4) is 0 Å². The highest BCUT2D eigenvalue weighted by atomic mass is 32.1. The minimum Gasteiger partial charge on any atom is -0.394 e. The molecule has 2 rings (SSSR count). The van der Waals surface area contributed by atoms with Crippen molar-refractivity contribution >= 4 is 17.4 Å². The fourth-order valence-electron chi connectivity index (χ4n) is 2.50. The van der Waals surface area contributed by atoms with Crippen molar-refractivity contribution in [2.75, 3.05) is 13.2 Å². The van der Waals surface area contributed by atoms with Gasteiger partial charge in [0.1, 0.15) is 0 Å². The topological polar surface area (TPSA) is 74.2 Å². The highest BCUT2D eigenvalue weighted by molar-refractivity contribution is 7.11. The van der Waals surface area contributed by atoms with Crippen molar-refractivity contribution in [2.24, 2.45) is 5.92 Å². The van der Waals surface area contributed by atoms with E-state index in [0.717, 1.165) is 36.4 Å². The molecule has 5 nitrogen and oxygen atoms in total. The molecular formula is C15H25N3O2S. The Morgan fingerprint density at radius 3 is 2.76 bits per heavy atom. The molecule has 0 radical (unpaired) electrons. The molecule has 1 aliphatic rings. The van der Waals surface area contributed by atoms with Crippen LogP contribution in [0.2, 0.25) is 0 Å². The average Bonchev–Trinajstić information content (AvgIpc) is 3.24. The van der Waals surface area contributed by atoms with Gasteiger partial charge in [-0.15, -0.1) is 11.3 Å². The normalized spacial score (nSPS) is 17.3. The number of aliphatic hydroxyl groups is 1. The zero-order chi connectivity index (χ0) is 15.5. The van der Waals surface area contributed by atoms with E-state index in [9.17, 15) is 9.90 Å². The second-order valence-electron chi connectivity index (χ2n) is 5.94. The van der Waals surface area contributed by atoms with Crippen molar-refractivity contribution in [3.05, 3.63) is 15.6 Å². The monoisotopic (exact) mass is 311 g/mol. The third-order valence-corrected chi connectivity index (χ3v) is 5.18. The third kappa shape index (κ3) is 4.17. The molecule has 21 heavy (non-hydrogen) atoms. The first-order valence-electron chi connectivity index (χ1n) is 7.60. The van der Waals surface area contributed by atoms with Crippen molar-refractivity contribution < 1.29 is 9.90 Å². The maximum atomic E-state index is 11.9. The number of aliphatic hydroxyl groups excluding tert-OH is 1. The molecule has 1 unspecified atom stereocenters. The standard InChI is InChI=1S/C15H25N3O2S/c1-4-12-10(2)21-13(17-12)7-8-16-14(20)18-15(3,9-19)11-5-6-11/h11,19H,4-9H2,1-3H3,(H2,16,18,20). The van der Waals surface area contributed by atoms with Crippen LogP contribution in [0.15, 0.2) is 0 Å². The zero-order valence-corrected chi connectivity index (χ0v) is 13.8. The number of amides is 2. The van der Waals surface area contributed by atoms with Crippen molar-refractivity contribution in [1.82, 2.24) is 15.6 Å². The fourth-order valence-corrected chi connectivity index (χ4v) is 3.52. The van der Waals surface area contributed by atoms with Gasteiger partial charge in [-0.2, -0.15) is 0 Å². The molecule has 1 fully saturated rings. The van der Waals surface area contributed by atoms with Crippen LogP contribution in [0.25, 0.3) is 0 Å². The largest absolute Gasteiger partial charge is 0.394 e. The van der Waals surface area contributed by atoms with Gasteiger partial charge >= 0.3 is 6.03 Å². The van der Waals surface area contributed by atoms with Gasteiger partial charge < -0.3 is 15.7 Å². The molecule has 2 amide bonds. The van der Waals surface area contributed by atoms with E-state index in [-0.39, 0.29) is 12.6 Å². The van der Waals surface area contributed by atoms with Gasteiger partial charge in [0, 0.05) is 17.8 Å². The Morgan fingerprint density at radius 2 is 2.24 bits per heavy atom. The highest BCUT2D eigenvalue weighted by Crippen LogP contribution is 2.39. The van der Waals surface area contributed by atoms with Crippen LogP contribution in [0, 0.1) is 12.8 Å². The molecule has 118 valence electrons. The lowest BCUT2D eigenvalue weighted by molar-refractivity contribution is 0.155. The van der Waals surface area contributed by atoms with Crippen LogP contribution in [0.1, 0.15) is 42.3 Å². The Morgan fingerprint density at radius 1 is 1.52 bits per heavy atom. The first-order chi connectivity index (χ1) is 9.98. The van der Waals surface area contributed by atoms with E-state index in [0.29, 0.717) is 12.5 Å². The third-order valence-electron chi connectivity index (χ3n) is 4.10. The summed E-state index contributed by atoms with van der Waals surface area (Å²) in [5.74, 6) is 0.405. The number of nitrogens with zero attached hydrogens (tertiary/aromatic N) is 1. The maximum Gasteiger partial charge on any atom is 0.315 e. The predicted molar refractivity (Wildman–Crippen MR) is 84.7 cm³/mol. The van der Waals surface area contributed by atoms with Gasteiger partial charge in [0.05, 0.1) is 22.8 Å². The van der Waals surface area contributed by atoms with Crippen LogP contribution in [-0.2, 0) is 12.8 Å². The molecule has 0 saturated heterocycles. The zero-order valence-electron chi connectivity index (χ0n) is 13.0. The summed E-state index contributed by atoms with van der Waals surface area (Å²) in [7, 11) is 0. The summed E-state index contributed by atoms with van der Waals surface area (Å²) < 4.78 is 0. The maximum absolute atomic E-state index is 11.9. The number of aromatic nitrogens is 1. The summed E-state index contributed by atoms with van der Waals surface area (Å²) in [5, 5.41) is 16.3. The first-order valence-corrected chi connectivity index (χ1v) is 8.42. The van der Waals surface area contributed by atoms with Crippen LogP contribution in [0.4, 0.5) is 4.79 Å². The Bertz CT molecular complexity index is 499. The number of rotatable bonds is 7. The van der Waals surface area contributed by atoms with Gasteiger partial charge in [0.15, 0.2) is 0 Å². The molecule has 0 aliphatic heterocycles. The second kappa shape index (κ2) is 6.75. The summed E-state index contributed by atoms with van der Waals surface area (Å²) in [6.45, 7) is 6.64. The number of thiazole rings is 1. The Labute approximate surface area is 130 Å². The van der Waals surface area contributed by atoms with Crippen LogP contribution in [-0.4, -0.2) is 34.8 Å². The molecule has 1 saturated carbocycles. The van der Waals surface area contributed by atoms with Crippen molar-refractivity contribution in [2.45, 2.75) is 52.0 Å². The van der Waals surface area contributed by atoms with E-state index in [4.69, 9.17) is 0 Å². The summed E-state index contributed by atoms with van der Waals surface area (Å²) in [5.41, 5.74) is 0.665. The molecule has 1 heterocycles. The van der Waals surface area contributed by atoms with Gasteiger partial charge in [0.25, 0.3) is 0 Å². The van der Waals surface area contributed by atoms with Gasteiger partial charge in [-0.05, 0) is 39.0 Å². The molecule has 3 N–H and O–H groups in total. The Balaban J connectivity index is 1.76. The van der Waals surface area contributed by atoms with E-state index >= 15 is 0 Å². The van der Waals surface area contributed by atoms with Crippen LogP contribution >= 0.6 is 11.3 Å². The molecule has 1 aromatic rings. The van der Waals surface area contributed by atoms with Crippen LogP contribution in [0.3, 0.4) is 0 Å². The predicted octanol–water partition coefficient (Wildman–Crippen LogP) is 2.02. The van der Waals surface area contributed by atoms with Crippen molar-refractivity contribution in [1.29, 1.82) is 0 Å². The smallest absolute Gasteiger partial charge is 0.315 e. The molecular weight excluding hydrogens is 286 g/mol. The van der Waals surface area contributed by atoms with Crippen molar-refractivity contribution in [3.63, 3.8) is 0 Å². The number of carbonyl (C=O) groups is 1. The first kappa shape index (κ1) is 16.2. The van der Waals surface area contributed by atoms with E-state index in [1.165, 1.54) is 4.88 Å². The lowest BCUT2D eigenvalue weighted by Gasteiger charge is -2.28. The quantitative estimate of drug-likeness (QED) is 0.721. The van der Waals surface area contributed by atoms with Crippen LogP contribution < -0.4 is 10.6 Å². The van der Waals surface area contributed by atoms with Gasteiger partial charge in [-0.3, -0.25) is 0 Å². The highest BCUT2D eigenvalue weighted by Gasteiger charge is 2.42. The van der Waals surface area contributed by atoms with Crippen LogP contribution in [0.5, 0.6) is 0 Å². The Hall–Kier alpha value is -1.14. The summed E-state index contributed by atoms with van der Waals surface area (Å²) in [4.78, 5) is 17.7. The lowest BCUT2D eigenvalue weighted by Crippen LogP contribution is -2.54. The number of hydrogen-bond donors (Lipinski definition) is 3. The number of hydrogen-bond acceptors (Lipinski definition) is 4. The summed E-state index contributed by atoms with van der Waals surface area (Å²) in [6, 6.07) is -0.206. The van der Waals surface area contributed by atoms with E-state index in [2.05, 4.69) is 29.5 Å². The average molecular weight is 311 g/mol. The van der Waals surface area contributed by atoms with E-state index in [1.807, 2.05) is 6.92 Å². The second-order valence-corrected chi connectivity index (χ2v) is 7.23. The summed E-state index contributed by atoms with van der Waals surface area (Å²) >= 11 is 1.70. The minimum atomic E-state index is -0.489. The number of nitrogens with one attached hydrogen (secondary N) is 2. The number of urea groups is 1. The van der Waals surface area contributed by atoms with Gasteiger partial charge in [-0.1, -0.05) is 6.92 Å².